The molecule has 86 valence electrons. The molecule has 0 unspecified atom stereocenters. The number of benzene rings is 1. The molecule has 3 rings (SSSR count). The number of hydrogen-bond donors (Lipinski definition) is 0. The molecule has 0 N–H and O–H groups in total. The van der Waals surface area contributed by atoms with Crippen molar-refractivity contribution in [1.29, 1.82) is 0 Å². The summed E-state index contributed by atoms with van der Waals surface area (Å²) in [6.45, 7) is 0.782. The van der Waals surface area contributed by atoms with E-state index >= 15 is 0 Å². The summed E-state index contributed by atoms with van der Waals surface area (Å²) in [6, 6.07) is 4.80. The number of aldehydes is 1. The first-order chi connectivity index (χ1) is 8.28. The molecule has 3 nitrogen and oxygen atoms in total. The van der Waals surface area contributed by atoms with Crippen molar-refractivity contribution < 1.29 is 9.18 Å². The van der Waals surface area contributed by atoms with Gasteiger partial charge in [0.1, 0.15) is 5.82 Å². The van der Waals surface area contributed by atoms with E-state index in [1.165, 1.54) is 23.5 Å². The summed E-state index contributed by atoms with van der Waals surface area (Å²) in [5.41, 5.74) is 1.98. The third-order valence-corrected chi connectivity index (χ3v) is 3.75. The molecule has 0 saturated heterocycles. The summed E-state index contributed by atoms with van der Waals surface area (Å²) in [7, 11) is 0. The molecule has 1 aliphatic rings. The Balaban J connectivity index is 2.02. The van der Waals surface area contributed by atoms with Crippen LogP contribution < -0.4 is 4.90 Å². The zero-order valence-corrected chi connectivity index (χ0v) is 9.71. The lowest BCUT2D eigenvalue weighted by Crippen LogP contribution is -2.12. The van der Waals surface area contributed by atoms with Crippen molar-refractivity contribution >= 4 is 28.4 Å². The van der Waals surface area contributed by atoms with E-state index in [1.54, 1.807) is 12.3 Å². The van der Waals surface area contributed by atoms with E-state index in [0.717, 1.165) is 35.6 Å². The maximum Gasteiger partial charge on any atom is 0.190 e. The van der Waals surface area contributed by atoms with Gasteiger partial charge in [0.05, 0.1) is 11.1 Å². The molecular formula is C12H9FN2OS. The molecule has 1 aromatic carbocycles. The molecule has 2 aromatic rings. The van der Waals surface area contributed by atoms with Gasteiger partial charge >= 0.3 is 0 Å². The van der Waals surface area contributed by atoms with E-state index in [2.05, 4.69) is 4.98 Å². The van der Waals surface area contributed by atoms with Gasteiger partial charge in [0.2, 0.25) is 0 Å². The van der Waals surface area contributed by atoms with Crippen molar-refractivity contribution in [2.45, 2.75) is 6.42 Å². The van der Waals surface area contributed by atoms with E-state index in [-0.39, 0.29) is 5.82 Å². The fraction of sp³-hybridized carbons (Fsp3) is 0.167. The molecule has 17 heavy (non-hydrogen) atoms. The Hall–Kier alpha value is -1.75. The van der Waals surface area contributed by atoms with Gasteiger partial charge < -0.3 is 4.90 Å². The summed E-state index contributed by atoms with van der Waals surface area (Å²) in [5, 5.41) is 0.747. The van der Waals surface area contributed by atoms with Crippen LogP contribution in [-0.2, 0) is 6.42 Å². The van der Waals surface area contributed by atoms with Gasteiger partial charge in [-0.2, -0.15) is 0 Å². The molecule has 5 heteroatoms. The summed E-state index contributed by atoms with van der Waals surface area (Å²) in [4.78, 5) is 17.4. The third kappa shape index (κ3) is 1.72. The minimum Gasteiger partial charge on any atom is -0.317 e. The number of halogens is 1. The highest BCUT2D eigenvalue weighted by Crippen LogP contribution is 2.36. The van der Waals surface area contributed by atoms with Crippen molar-refractivity contribution in [3.8, 4) is 0 Å². The highest BCUT2D eigenvalue weighted by molar-refractivity contribution is 7.17. The lowest BCUT2D eigenvalue weighted by Gasteiger charge is -2.15. The predicted molar refractivity (Wildman–Crippen MR) is 64.6 cm³/mol. The van der Waals surface area contributed by atoms with Crippen LogP contribution in [0.15, 0.2) is 24.4 Å². The number of carbonyl (C=O) groups is 1. The van der Waals surface area contributed by atoms with Crippen molar-refractivity contribution in [2.75, 3.05) is 11.4 Å². The van der Waals surface area contributed by atoms with Crippen LogP contribution in [0, 0.1) is 5.82 Å². The molecule has 1 aromatic heterocycles. The second-order valence-electron chi connectivity index (χ2n) is 3.84. The number of carbonyl (C=O) groups excluding carboxylic acids is 1. The molecular weight excluding hydrogens is 239 g/mol. The van der Waals surface area contributed by atoms with Crippen molar-refractivity contribution in [3.05, 3.63) is 40.7 Å². The highest BCUT2D eigenvalue weighted by atomic mass is 32.1. The van der Waals surface area contributed by atoms with E-state index in [1.807, 2.05) is 4.90 Å². The number of hydrogen-bond acceptors (Lipinski definition) is 4. The Kier molecular flexibility index (Phi) is 2.40. The quantitative estimate of drug-likeness (QED) is 0.766. The Morgan fingerprint density at radius 3 is 3.12 bits per heavy atom. The van der Waals surface area contributed by atoms with Crippen molar-refractivity contribution in [1.82, 2.24) is 4.98 Å². The average Bonchev–Trinajstić information content (AvgIpc) is 2.93. The maximum absolute atomic E-state index is 13.2. The number of thiazole rings is 1. The molecule has 0 radical (unpaired) electrons. The molecule has 0 bridgehead atoms. The fourth-order valence-corrected chi connectivity index (χ4v) is 2.78. The van der Waals surface area contributed by atoms with Crippen LogP contribution in [0.25, 0.3) is 0 Å². The molecule has 0 saturated carbocycles. The fourth-order valence-electron chi connectivity index (χ4n) is 2.01. The average molecular weight is 248 g/mol. The van der Waals surface area contributed by atoms with Gasteiger partial charge in [0.15, 0.2) is 11.4 Å². The second kappa shape index (κ2) is 3.92. The first-order valence-electron chi connectivity index (χ1n) is 5.25. The Morgan fingerprint density at radius 2 is 2.35 bits per heavy atom. The SMILES string of the molecule is O=Cc1cnc(N2CCc3ccc(F)cc32)s1. The van der Waals surface area contributed by atoms with Gasteiger partial charge in [0, 0.05) is 12.2 Å². The van der Waals surface area contributed by atoms with E-state index in [9.17, 15) is 9.18 Å². The van der Waals surface area contributed by atoms with Gasteiger partial charge in [-0.15, -0.1) is 0 Å². The van der Waals surface area contributed by atoms with Crippen LogP contribution in [-0.4, -0.2) is 17.8 Å². The highest BCUT2D eigenvalue weighted by Gasteiger charge is 2.23. The Labute approximate surface area is 102 Å². The first-order valence-corrected chi connectivity index (χ1v) is 6.06. The summed E-state index contributed by atoms with van der Waals surface area (Å²) < 4.78 is 13.2. The standard InChI is InChI=1S/C12H9FN2OS/c13-9-2-1-8-3-4-15(11(8)5-9)12-14-6-10(7-16)17-12/h1-2,5-7H,3-4H2. The maximum atomic E-state index is 13.2. The molecule has 2 heterocycles. The van der Waals surface area contributed by atoms with Gasteiger partial charge in [-0.3, -0.25) is 4.79 Å². The smallest absolute Gasteiger partial charge is 0.190 e. The molecule has 0 atom stereocenters. The number of fused-ring (bicyclic) bond motifs is 1. The largest absolute Gasteiger partial charge is 0.317 e. The molecule has 0 aliphatic carbocycles. The van der Waals surface area contributed by atoms with Gasteiger partial charge in [0.25, 0.3) is 0 Å². The van der Waals surface area contributed by atoms with Crippen LogP contribution in [0.5, 0.6) is 0 Å². The topological polar surface area (TPSA) is 33.2 Å². The van der Waals surface area contributed by atoms with Crippen LogP contribution in [0.1, 0.15) is 15.2 Å². The van der Waals surface area contributed by atoms with E-state index < -0.39 is 0 Å². The third-order valence-electron chi connectivity index (χ3n) is 2.80. The van der Waals surface area contributed by atoms with Gasteiger partial charge in [-0.1, -0.05) is 17.4 Å². The lowest BCUT2D eigenvalue weighted by atomic mass is 10.2. The Morgan fingerprint density at radius 1 is 1.47 bits per heavy atom. The summed E-state index contributed by atoms with van der Waals surface area (Å²) in [5.74, 6) is -0.247. The number of nitrogens with zero attached hydrogens (tertiary/aromatic N) is 2. The monoisotopic (exact) mass is 248 g/mol. The molecule has 0 amide bonds. The summed E-state index contributed by atoms with van der Waals surface area (Å²) in [6.07, 6.45) is 3.21. The van der Waals surface area contributed by atoms with E-state index in [4.69, 9.17) is 0 Å². The van der Waals surface area contributed by atoms with Gasteiger partial charge in [-0.05, 0) is 24.1 Å². The van der Waals surface area contributed by atoms with Crippen LogP contribution in [0.3, 0.4) is 0 Å². The minimum atomic E-state index is -0.247. The second-order valence-corrected chi connectivity index (χ2v) is 4.88. The van der Waals surface area contributed by atoms with Crippen LogP contribution >= 0.6 is 11.3 Å². The van der Waals surface area contributed by atoms with Crippen molar-refractivity contribution in [3.63, 3.8) is 0 Å². The Bertz CT molecular complexity index is 582. The van der Waals surface area contributed by atoms with Crippen LogP contribution in [0.4, 0.5) is 15.2 Å². The lowest BCUT2D eigenvalue weighted by molar-refractivity contribution is 0.112. The summed E-state index contributed by atoms with van der Waals surface area (Å²) >= 11 is 1.32. The number of aromatic nitrogens is 1. The normalized spacial score (nSPS) is 13.8. The number of anilines is 2. The first kappa shape index (κ1) is 10.4. The molecule has 0 fully saturated rings. The zero-order valence-electron chi connectivity index (χ0n) is 8.89. The molecule has 0 spiro atoms. The van der Waals surface area contributed by atoms with Gasteiger partial charge in [-0.25, -0.2) is 9.37 Å². The molecule has 1 aliphatic heterocycles. The van der Waals surface area contributed by atoms with E-state index in [0.29, 0.717) is 4.88 Å². The minimum absolute atomic E-state index is 0.247. The zero-order chi connectivity index (χ0) is 11.8. The predicted octanol–water partition coefficient (Wildman–Crippen LogP) is 2.79. The van der Waals surface area contributed by atoms with Crippen LogP contribution in [0.2, 0.25) is 0 Å². The van der Waals surface area contributed by atoms with Crippen molar-refractivity contribution in [2.24, 2.45) is 0 Å². The number of rotatable bonds is 2.